The van der Waals surface area contributed by atoms with Crippen molar-refractivity contribution < 1.29 is 27.1 Å². The second-order valence-electron chi connectivity index (χ2n) is 8.21. The fraction of sp³-hybridized carbons (Fsp3) is 0.333. The molecule has 0 saturated heterocycles. The van der Waals surface area contributed by atoms with E-state index in [1.54, 1.807) is 17.8 Å². The summed E-state index contributed by atoms with van der Waals surface area (Å²) in [6, 6.07) is 7.46. The lowest BCUT2D eigenvalue weighted by atomic mass is 9.93. The molecular weight excluding hydrogens is 532 g/mol. The van der Waals surface area contributed by atoms with Crippen molar-refractivity contribution in [2.45, 2.75) is 43.7 Å². The van der Waals surface area contributed by atoms with Crippen LogP contribution >= 0.6 is 23.2 Å². The van der Waals surface area contributed by atoms with Crippen LogP contribution in [-0.2, 0) is 32.5 Å². The Morgan fingerprint density at radius 3 is 2.67 bits per heavy atom. The summed E-state index contributed by atoms with van der Waals surface area (Å²) >= 11 is 12.1. The molecule has 0 unspecified atom stereocenters. The van der Waals surface area contributed by atoms with E-state index in [1.807, 2.05) is 0 Å². The second kappa shape index (κ2) is 10.8. The van der Waals surface area contributed by atoms with E-state index in [0.29, 0.717) is 12.8 Å². The first-order chi connectivity index (χ1) is 17.1. The molecule has 2 aromatic carbocycles. The summed E-state index contributed by atoms with van der Waals surface area (Å²) in [6.45, 7) is 1.97. The van der Waals surface area contributed by atoms with Gasteiger partial charge in [0.25, 0.3) is 0 Å². The normalized spacial score (nSPS) is 15.6. The molecule has 0 amide bonds. The lowest BCUT2D eigenvalue weighted by molar-refractivity contribution is -0.144. The van der Waals surface area contributed by atoms with Crippen molar-refractivity contribution >= 4 is 39.2 Å². The van der Waals surface area contributed by atoms with Crippen molar-refractivity contribution in [2.24, 2.45) is 0 Å². The smallest absolute Gasteiger partial charge is 0.327 e. The zero-order valence-electron chi connectivity index (χ0n) is 19.6. The average Bonchev–Trinajstić information content (AvgIpc) is 3.24. The van der Waals surface area contributed by atoms with Crippen LogP contribution in [-0.4, -0.2) is 42.1 Å². The highest BCUT2D eigenvalue weighted by atomic mass is 35.5. The number of benzene rings is 2. The number of ether oxygens (including phenoxy) is 2. The number of sulfonamides is 1. The summed E-state index contributed by atoms with van der Waals surface area (Å²) in [5.41, 5.74) is 1.56. The maximum atomic E-state index is 14.1. The molecule has 3 aromatic rings. The van der Waals surface area contributed by atoms with Gasteiger partial charge >= 0.3 is 5.97 Å². The first-order valence-electron chi connectivity index (χ1n) is 11.2. The van der Waals surface area contributed by atoms with E-state index in [-0.39, 0.29) is 39.6 Å². The molecule has 8 nitrogen and oxygen atoms in total. The van der Waals surface area contributed by atoms with Crippen molar-refractivity contribution in [3.63, 3.8) is 0 Å². The summed E-state index contributed by atoms with van der Waals surface area (Å²) < 4.78 is 54.4. The lowest BCUT2D eigenvalue weighted by Gasteiger charge is -2.31. The number of hydrogen-bond donors (Lipinski definition) is 0. The number of esters is 1. The first kappa shape index (κ1) is 26.4. The standard InChI is InChI=1S/C24H24Cl2FN3O5S/c1-3-34-24(31)14-30-21-6-4-5-20(17(21)13-28-30)29(2)36(32,33)16-8-10-22(18(26)12-16)35-23-9-7-15(25)11-19(23)27/h7-13,20H,3-6,14H2,1-2H3/t20-/m1/s1. The number of halogens is 3. The van der Waals surface area contributed by atoms with Crippen LogP contribution in [0.15, 0.2) is 47.5 Å². The van der Waals surface area contributed by atoms with Gasteiger partial charge in [0.15, 0.2) is 11.6 Å². The summed E-state index contributed by atoms with van der Waals surface area (Å²) in [7, 11) is -2.46. The molecule has 1 heterocycles. The predicted octanol–water partition coefficient (Wildman–Crippen LogP) is 5.38. The summed E-state index contributed by atoms with van der Waals surface area (Å²) in [4.78, 5) is 11.9. The molecule has 1 aromatic heterocycles. The number of rotatable bonds is 8. The third-order valence-corrected chi connectivity index (χ3v) is 8.34. The van der Waals surface area contributed by atoms with Gasteiger partial charge in [-0.25, -0.2) is 12.8 Å². The van der Waals surface area contributed by atoms with Crippen LogP contribution in [0.2, 0.25) is 10.0 Å². The van der Waals surface area contributed by atoms with Gasteiger partial charge < -0.3 is 9.47 Å². The van der Waals surface area contributed by atoms with Gasteiger partial charge in [-0.2, -0.15) is 9.40 Å². The van der Waals surface area contributed by atoms with Crippen LogP contribution in [0.25, 0.3) is 0 Å². The van der Waals surface area contributed by atoms with Crippen LogP contribution in [0.3, 0.4) is 0 Å². The Kier molecular flexibility index (Phi) is 7.89. The number of aromatic nitrogens is 2. The van der Waals surface area contributed by atoms with Crippen molar-refractivity contribution in [3.05, 3.63) is 69.7 Å². The number of carbonyl (C=O) groups is 1. The molecule has 192 valence electrons. The zero-order chi connectivity index (χ0) is 26.0. The monoisotopic (exact) mass is 555 g/mol. The highest BCUT2D eigenvalue weighted by molar-refractivity contribution is 7.89. The molecule has 1 aliphatic rings. The number of nitrogens with zero attached hydrogens (tertiary/aromatic N) is 3. The van der Waals surface area contributed by atoms with Gasteiger partial charge in [-0.3, -0.25) is 9.48 Å². The summed E-state index contributed by atoms with van der Waals surface area (Å²) in [6.07, 6.45) is 3.61. The van der Waals surface area contributed by atoms with Crippen molar-refractivity contribution in [1.82, 2.24) is 14.1 Å². The fourth-order valence-electron chi connectivity index (χ4n) is 4.17. The molecule has 1 atom stereocenters. The van der Waals surface area contributed by atoms with Gasteiger partial charge in [-0.15, -0.1) is 0 Å². The van der Waals surface area contributed by atoms with Crippen LogP contribution < -0.4 is 4.74 Å². The first-order valence-corrected chi connectivity index (χ1v) is 13.4. The van der Waals surface area contributed by atoms with E-state index < -0.39 is 27.9 Å². The molecule has 0 spiro atoms. The SMILES string of the molecule is CCOC(=O)Cn1ncc2c1CCC[C@H]2N(C)S(=O)(=O)c1ccc(Oc2ccc(Cl)cc2F)c(Cl)c1. The molecule has 36 heavy (non-hydrogen) atoms. The number of carbonyl (C=O) groups excluding carboxylic acids is 1. The van der Waals surface area contributed by atoms with Crippen LogP contribution in [0.5, 0.6) is 11.5 Å². The van der Waals surface area contributed by atoms with Gasteiger partial charge in [0.1, 0.15) is 12.3 Å². The maximum Gasteiger partial charge on any atom is 0.327 e. The van der Waals surface area contributed by atoms with Gasteiger partial charge in [-0.05, 0) is 62.6 Å². The summed E-state index contributed by atoms with van der Waals surface area (Å²) in [5, 5.41) is 4.52. The van der Waals surface area contributed by atoms with E-state index in [4.69, 9.17) is 32.7 Å². The molecule has 0 saturated carbocycles. The zero-order valence-corrected chi connectivity index (χ0v) is 21.9. The van der Waals surface area contributed by atoms with E-state index in [1.165, 1.54) is 41.7 Å². The van der Waals surface area contributed by atoms with Gasteiger partial charge in [0.2, 0.25) is 10.0 Å². The Hall–Kier alpha value is -2.66. The third-order valence-electron chi connectivity index (χ3n) is 5.95. The Morgan fingerprint density at radius 1 is 1.22 bits per heavy atom. The van der Waals surface area contributed by atoms with Gasteiger partial charge in [0.05, 0.1) is 28.8 Å². The molecule has 0 N–H and O–H groups in total. The second-order valence-corrected chi connectivity index (χ2v) is 11.0. The van der Waals surface area contributed by atoms with Gasteiger partial charge in [-0.1, -0.05) is 23.2 Å². The van der Waals surface area contributed by atoms with Crippen molar-refractivity contribution in [1.29, 1.82) is 0 Å². The molecule has 0 fully saturated rings. The van der Waals surface area contributed by atoms with E-state index in [9.17, 15) is 17.6 Å². The Bertz CT molecular complexity index is 1400. The molecule has 0 bridgehead atoms. The largest absolute Gasteiger partial charge is 0.465 e. The molecular formula is C24H24Cl2FN3O5S. The van der Waals surface area contributed by atoms with Crippen molar-refractivity contribution in [2.75, 3.05) is 13.7 Å². The Balaban J connectivity index is 1.57. The molecule has 12 heteroatoms. The van der Waals surface area contributed by atoms with E-state index in [0.717, 1.165) is 23.7 Å². The fourth-order valence-corrected chi connectivity index (χ4v) is 6.01. The van der Waals surface area contributed by atoms with Gasteiger partial charge in [0, 0.05) is 23.3 Å². The molecule has 0 radical (unpaired) electrons. The quantitative estimate of drug-likeness (QED) is 0.346. The topological polar surface area (TPSA) is 90.7 Å². The minimum absolute atomic E-state index is 0.00501. The number of fused-ring (bicyclic) bond motifs is 1. The minimum atomic E-state index is -3.96. The molecule has 0 aliphatic heterocycles. The highest BCUT2D eigenvalue weighted by Crippen LogP contribution is 2.38. The molecule has 1 aliphatic carbocycles. The van der Waals surface area contributed by atoms with Crippen molar-refractivity contribution in [3.8, 4) is 11.5 Å². The highest BCUT2D eigenvalue weighted by Gasteiger charge is 2.34. The maximum absolute atomic E-state index is 14.1. The Labute approximate surface area is 218 Å². The minimum Gasteiger partial charge on any atom is -0.465 e. The Morgan fingerprint density at radius 2 is 1.97 bits per heavy atom. The van der Waals surface area contributed by atoms with Crippen LogP contribution in [0.4, 0.5) is 4.39 Å². The summed E-state index contributed by atoms with van der Waals surface area (Å²) in [5.74, 6) is -1.07. The van der Waals surface area contributed by atoms with E-state index >= 15 is 0 Å². The van der Waals surface area contributed by atoms with E-state index in [2.05, 4.69) is 5.10 Å². The lowest BCUT2D eigenvalue weighted by Crippen LogP contribution is -2.33. The predicted molar refractivity (Wildman–Crippen MR) is 132 cm³/mol. The van der Waals surface area contributed by atoms with Crippen LogP contribution in [0.1, 0.15) is 37.1 Å². The average molecular weight is 556 g/mol. The molecule has 4 rings (SSSR count). The third kappa shape index (κ3) is 5.36. The number of hydrogen-bond acceptors (Lipinski definition) is 6. The van der Waals surface area contributed by atoms with Crippen LogP contribution in [0, 0.1) is 5.82 Å².